The van der Waals surface area contributed by atoms with Gasteiger partial charge in [-0.1, -0.05) is 18.2 Å². The zero-order valence-corrected chi connectivity index (χ0v) is 13.6. The minimum absolute atomic E-state index is 0.100. The number of likely N-dealkylation sites (tertiary alicyclic amines) is 1. The topological polar surface area (TPSA) is 64.8 Å². The van der Waals surface area contributed by atoms with E-state index in [0.717, 1.165) is 31.7 Å². The first kappa shape index (κ1) is 16.3. The highest BCUT2D eigenvalue weighted by molar-refractivity contribution is 5.86. The van der Waals surface area contributed by atoms with Gasteiger partial charge in [0.25, 0.3) is 0 Å². The molecule has 3 rings (SSSR count). The number of piperidine rings is 1. The van der Waals surface area contributed by atoms with Crippen LogP contribution in [0.2, 0.25) is 0 Å². The minimum atomic E-state index is -0.717. The molecule has 0 saturated carbocycles. The van der Waals surface area contributed by atoms with Crippen LogP contribution in [0.5, 0.6) is 5.75 Å². The number of nitrogens with two attached hydrogens (primary N) is 1. The van der Waals surface area contributed by atoms with Gasteiger partial charge in [-0.25, -0.2) is 0 Å². The molecular formula is C18H26N2O3. The monoisotopic (exact) mass is 318 g/mol. The summed E-state index contributed by atoms with van der Waals surface area (Å²) in [5.41, 5.74) is 5.59. The van der Waals surface area contributed by atoms with Gasteiger partial charge in [-0.15, -0.1) is 0 Å². The van der Waals surface area contributed by atoms with Crippen molar-refractivity contribution in [2.75, 3.05) is 32.9 Å². The molecule has 5 nitrogen and oxygen atoms in total. The molecule has 2 aliphatic rings. The van der Waals surface area contributed by atoms with E-state index in [-0.39, 0.29) is 5.91 Å². The van der Waals surface area contributed by atoms with Gasteiger partial charge in [0, 0.05) is 26.3 Å². The molecule has 0 unspecified atom stereocenters. The first-order valence-electron chi connectivity index (χ1n) is 8.51. The highest BCUT2D eigenvalue weighted by atomic mass is 16.5. The lowest BCUT2D eigenvalue weighted by molar-refractivity contribution is -0.142. The lowest BCUT2D eigenvalue weighted by atomic mass is 9.88. The Hall–Kier alpha value is -1.59. The number of ether oxygens (including phenoxy) is 2. The summed E-state index contributed by atoms with van der Waals surface area (Å²) >= 11 is 0. The number of amides is 1. The number of hydrogen-bond donors (Lipinski definition) is 1. The van der Waals surface area contributed by atoms with Crippen LogP contribution in [-0.4, -0.2) is 49.3 Å². The zero-order chi connectivity index (χ0) is 16.1. The molecule has 126 valence electrons. The van der Waals surface area contributed by atoms with Crippen molar-refractivity contribution >= 4 is 5.91 Å². The number of hydrogen-bond acceptors (Lipinski definition) is 4. The van der Waals surface area contributed by atoms with Crippen molar-refractivity contribution in [3.63, 3.8) is 0 Å². The van der Waals surface area contributed by atoms with Gasteiger partial charge < -0.3 is 20.1 Å². The molecular weight excluding hydrogens is 292 g/mol. The number of rotatable bonds is 4. The fourth-order valence-corrected chi connectivity index (χ4v) is 3.30. The van der Waals surface area contributed by atoms with E-state index >= 15 is 0 Å². The highest BCUT2D eigenvalue weighted by Gasteiger charge is 2.39. The van der Waals surface area contributed by atoms with Crippen LogP contribution in [0.3, 0.4) is 0 Å². The largest absolute Gasteiger partial charge is 0.493 e. The number of benzene rings is 1. The van der Waals surface area contributed by atoms with E-state index in [1.165, 1.54) is 0 Å². The molecule has 23 heavy (non-hydrogen) atoms. The molecule has 5 heteroatoms. The Morgan fingerprint density at radius 3 is 2.52 bits per heavy atom. The summed E-state index contributed by atoms with van der Waals surface area (Å²) in [6.45, 7) is 3.45. The molecule has 0 atom stereocenters. The van der Waals surface area contributed by atoms with E-state index in [9.17, 15) is 4.79 Å². The second-order valence-corrected chi connectivity index (χ2v) is 6.63. The summed E-state index contributed by atoms with van der Waals surface area (Å²) in [6.07, 6.45) is 3.21. The zero-order valence-electron chi connectivity index (χ0n) is 13.6. The summed E-state index contributed by atoms with van der Waals surface area (Å²) in [6, 6.07) is 9.89. The molecule has 2 heterocycles. The molecule has 0 bridgehead atoms. The van der Waals surface area contributed by atoms with Gasteiger partial charge in [0.1, 0.15) is 5.75 Å². The van der Waals surface area contributed by atoms with Crippen LogP contribution in [0.25, 0.3) is 0 Å². The first-order chi connectivity index (χ1) is 11.2. The summed E-state index contributed by atoms with van der Waals surface area (Å²) < 4.78 is 11.2. The molecule has 2 saturated heterocycles. The fraction of sp³-hybridized carbons (Fsp3) is 0.611. The predicted octanol–water partition coefficient (Wildman–Crippen LogP) is 1.81. The van der Waals surface area contributed by atoms with Gasteiger partial charge in [-0.3, -0.25) is 4.79 Å². The summed E-state index contributed by atoms with van der Waals surface area (Å²) in [7, 11) is 0. The smallest absolute Gasteiger partial charge is 0.242 e. The van der Waals surface area contributed by atoms with Crippen LogP contribution in [0.1, 0.15) is 25.7 Å². The molecule has 1 amide bonds. The molecule has 2 fully saturated rings. The Bertz CT molecular complexity index is 506. The van der Waals surface area contributed by atoms with E-state index in [1.807, 2.05) is 35.2 Å². The van der Waals surface area contributed by atoms with E-state index in [1.54, 1.807) is 0 Å². The molecule has 2 N–H and O–H groups in total. The third kappa shape index (κ3) is 4.03. The van der Waals surface area contributed by atoms with Crippen molar-refractivity contribution in [3.05, 3.63) is 30.3 Å². The van der Waals surface area contributed by atoms with Gasteiger partial charge in [-0.05, 0) is 43.7 Å². The number of nitrogens with zero attached hydrogens (tertiary/aromatic N) is 1. The molecule has 0 aromatic heterocycles. The molecule has 0 aliphatic carbocycles. The van der Waals surface area contributed by atoms with Crippen molar-refractivity contribution in [2.24, 2.45) is 11.7 Å². The van der Waals surface area contributed by atoms with Crippen LogP contribution >= 0.6 is 0 Å². The Labute approximate surface area is 137 Å². The molecule has 1 aromatic rings. The summed E-state index contributed by atoms with van der Waals surface area (Å²) in [5, 5.41) is 0. The first-order valence-corrected chi connectivity index (χ1v) is 8.51. The van der Waals surface area contributed by atoms with Crippen molar-refractivity contribution in [3.8, 4) is 5.75 Å². The van der Waals surface area contributed by atoms with Crippen LogP contribution in [0.4, 0.5) is 0 Å². The normalized spacial score (nSPS) is 21.9. The van der Waals surface area contributed by atoms with Crippen LogP contribution < -0.4 is 10.5 Å². The molecule has 0 spiro atoms. The average molecular weight is 318 g/mol. The van der Waals surface area contributed by atoms with Gasteiger partial charge in [0.05, 0.1) is 12.1 Å². The minimum Gasteiger partial charge on any atom is -0.493 e. The fourth-order valence-electron chi connectivity index (χ4n) is 3.30. The summed E-state index contributed by atoms with van der Waals surface area (Å²) in [5.74, 6) is 1.51. The third-order valence-corrected chi connectivity index (χ3v) is 4.94. The van der Waals surface area contributed by atoms with Gasteiger partial charge in [-0.2, -0.15) is 0 Å². The molecule has 0 radical (unpaired) electrons. The summed E-state index contributed by atoms with van der Waals surface area (Å²) in [4.78, 5) is 14.6. The Morgan fingerprint density at radius 1 is 1.22 bits per heavy atom. The van der Waals surface area contributed by atoms with Gasteiger partial charge in [0.15, 0.2) is 0 Å². The van der Waals surface area contributed by atoms with Crippen molar-refractivity contribution in [2.45, 2.75) is 31.2 Å². The number of carbonyl (C=O) groups is 1. The average Bonchev–Trinajstić information content (AvgIpc) is 2.61. The molecule has 1 aromatic carbocycles. The third-order valence-electron chi connectivity index (χ3n) is 4.94. The second kappa shape index (κ2) is 7.32. The number of para-hydroxylation sites is 1. The van der Waals surface area contributed by atoms with E-state index in [2.05, 4.69) is 0 Å². The van der Waals surface area contributed by atoms with Crippen LogP contribution in [0, 0.1) is 5.92 Å². The Kier molecular flexibility index (Phi) is 5.18. The predicted molar refractivity (Wildman–Crippen MR) is 88.2 cm³/mol. The van der Waals surface area contributed by atoms with Crippen molar-refractivity contribution in [1.82, 2.24) is 4.90 Å². The maximum atomic E-state index is 12.7. The standard InChI is InChI=1S/C18H26N2O3/c19-18(8-12-22-13-9-18)17(21)20-10-6-15(7-11-20)14-23-16-4-2-1-3-5-16/h1-5,15H,6-14,19H2. The second-order valence-electron chi connectivity index (χ2n) is 6.63. The van der Waals surface area contributed by atoms with Crippen molar-refractivity contribution in [1.29, 1.82) is 0 Å². The van der Waals surface area contributed by atoms with Crippen molar-refractivity contribution < 1.29 is 14.3 Å². The van der Waals surface area contributed by atoms with E-state index in [4.69, 9.17) is 15.2 Å². The van der Waals surface area contributed by atoms with Crippen LogP contribution in [0.15, 0.2) is 30.3 Å². The maximum Gasteiger partial charge on any atom is 0.242 e. The van der Waals surface area contributed by atoms with E-state index < -0.39 is 5.54 Å². The van der Waals surface area contributed by atoms with Crippen LogP contribution in [-0.2, 0) is 9.53 Å². The quantitative estimate of drug-likeness (QED) is 0.919. The molecule has 2 aliphatic heterocycles. The number of carbonyl (C=O) groups excluding carboxylic acids is 1. The van der Waals surface area contributed by atoms with Gasteiger partial charge >= 0.3 is 0 Å². The SMILES string of the molecule is NC1(C(=O)N2CCC(COc3ccccc3)CC2)CCOCC1. The van der Waals surface area contributed by atoms with E-state index in [0.29, 0.717) is 38.6 Å². The lowest BCUT2D eigenvalue weighted by Crippen LogP contribution is -2.59. The lowest BCUT2D eigenvalue weighted by Gasteiger charge is -2.39. The van der Waals surface area contributed by atoms with Gasteiger partial charge in [0.2, 0.25) is 5.91 Å². The maximum absolute atomic E-state index is 12.7. The highest BCUT2D eigenvalue weighted by Crippen LogP contribution is 2.25. The Morgan fingerprint density at radius 2 is 1.87 bits per heavy atom. The Balaban J connectivity index is 1.45.